The summed E-state index contributed by atoms with van der Waals surface area (Å²) in [7, 11) is 0. The number of hydrogen-bond donors (Lipinski definition) is 4. The molecule has 1 aromatic heterocycles. The molecule has 43 heavy (non-hydrogen) atoms. The minimum Gasteiger partial charge on any atom is -0.394 e. The lowest BCUT2D eigenvalue weighted by Crippen LogP contribution is -2.55. The van der Waals surface area contributed by atoms with E-state index in [1.165, 1.54) is 18.2 Å². The molecule has 6 atom stereocenters. The number of aliphatic hydroxyl groups is 4. The maximum Gasteiger partial charge on any atom is 0.416 e. The van der Waals surface area contributed by atoms with E-state index in [4.69, 9.17) is 9.47 Å². The van der Waals surface area contributed by atoms with Gasteiger partial charge >= 0.3 is 6.18 Å². The van der Waals surface area contributed by atoms with Crippen LogP contribution in [0.15, 0.2) is 42.6 Å². The van der Waals surface area contributed by atoms with Gasteiger partial charge in [-0.3, -0.25) is 0 Å². The molecule has 3 heterocycles. The van der Waals surface area contributed by atoms with Gasteiger partial charge in [-0.05, 0) is 23.8 Å². The Balaban J connectivity index is 1.51. The van der Waals surface area contributed by atoms with E-state index in [9.17, 15) is 46.8 Å². The van der Waals surface area contributed by atoms with Gasteiger partial charge in [-0.15, -0.1) is 16.9 Å². The van der Waals surface area contributed by atoms with Crippen molar-refractivity contribution in [3.05, 3.63) is 71.2 Å². The fourth-order valence-electron chi connectivity index (χ4n) is 5.35. The van der Waals surface area contributed by atoms with Crippen molar-refractivity contribution < 1.29 is 56.2 Å². The number of halogens is 6. The molecule has 1 unspecified atom stereocenters. The van der Waals surface area contributed by atoms with Gasteiger partial charge in [0.05, 0.1) is 29.2 Å². The van der Waals surface area contributed by atoms with Crippen LogP contribution >= 0.6 is 11.8 Å². The smallest absolute Gasteiger partial charge is 0.394 e. The second-order valence-electron chi connectivity index (χ2n) is 10.4. The Morgan fingerprint density at radius 2 is 1.70 bits per heavy atom. The Morgan fingerprint density at radius 1 is 1.05 bits per heavy atom. The Hall–Kier alpha value is -2.73. The molecule has 5 rings (SSSR count). The van der Waals surface area contributed by atoms with Crippen molar-refractivity contribution in [1.82, 2.24) is 15.0 Å². The van der Waals surface area contributed by atoms with E-state index >= 15 is 0 Å². The van der Waals surface area contributed by atoms with Crippen LogP contribution in [0.25, 0.3) is 11.3 Å². The number of nitrogens with zero attached hydrogens (tertiary/aromatic N) is 3. The van der Waals surface area contributed by atoms with Gasteiger partial charge in [0.15, 0.2) is 17.5 Å². The molecule has 3 aromatic rings. The van der Waals surface area contributed by atoms with E-state index in [0.29, 0.717) is 23.9 Å². The first-order chi connectivity index (χ1) is 20.3. The highest BCUT2D eigenvalue weighted by Gasteiger charge is 2.51. The van der Waals surface area contributed by atoms with E-state index in [1.54, 1.807) is 0 Å². The van der Waals surface area contributed by atoms with Gasteiger partial charge in [-0.25, -0.2) is 17.9 Å². The average molecular weight is 636 g/mol. The third-order valence-electron chi connectivity index (χ3n) is 7.61. The van der Waals surface area contributed by atoms with Gasteiger partial charge in [0, 0.05) is 31.6 Å². The van der Waals surface area contributed by atoms with Gasteiger partial charge < -0.3 is 29.9 Å². The Kier molecular flexibility index (Phi) is 9.09. The molecule has 2 fully saturated rings. The van der Waals surface area contributed by atoms with Crippen LogP contribution in [0.5, 0.6) is 0 Å². The number of benzene rings is 2. The first-order valence-electron chi connectivity index (χ1n) is 13.1. The minimum atomic E-state index is -4.77. The number of aliphatic hydroxyl groups excluding tert-OH is 3. The van der Waals surface area contributed by atoms with Crippen LogP contribution in [-0.4, -0.2) is 84.6 Å². The summed E-state index contributed by atoms with van der Waals surface area (Å²) < 4.78 is 95.3. The normalized spacial score (nSPS) is 26.8. The van der Waals surface area contributed by atoms with Crippen molar-refractivity contribution >= 4 is 11.8 Å². The van der Waals surface area contributed by atoms with Gasteiger partial charge in [-0.1, -0.05) is 23.4 Å². The van der Waals surface area contributed by atoms with Gasteiger partial charge in [0.25, 0.3) is 0 Å². The lowest BCUT2D eigenvalue weighted by atomic mass is 9.85. The Morgan fingerprint density at radius 3 is 2.33 bits per heavy atom. The molecule has 9 nitrogen and oxygen atoms in total. The summed E-state index contributed by atoms with van der Waals surface area (Å²) in [4.78, 5) is 0. The summed E-state index contributed by atoms with van der Waals surface area (Å²) in [5.41, 5.74) is -4.74. The van der Waals surface area contributed by atoms with Crippen LogP contribution in [0.1, 0.15) is 35.3 Å². The van der Waals surface area contributed by atoms with Crippen molar-refractivity contribution in [2.75, 3.05) is 19.8 Å². The molecule has 0 amide bonds. The van der Waals surface area contributed by atoms with Gasteiger partial charge in [0.2, 0.25) is 0 Å². The largest absolute Gasteiger partial charge is 0.416 e. The van der Waals surface area contributed by atoms with Crippen molar-refractivity contribution in [2.45, 2.75) is 59.7 Å². The fraction of sp³-hybridized carbons (Fsp3) is 0.481. The van der Waals surface area contributed by atoms with Crippen molar-refractivity contribution in [1.29, 1.82) is 0 Å². The van der Waals surface area contributed by atoms with Crippen molar-refractivity contribution in [3.63, 3.8) is 0 Å². The molecular formula is C27H27F6N3O6S. The monoisotopic (exact) mass is 635 g/mol. The molecule has 16 heteroatoms. The number of thioether (sulfide) groups is 1. The zero-order valence-electron chi connectivity index (χ0n) is 22.2. The van der Waals surface area contributed by atoms with Crippen molar-refractivity contribution in [2.24, 2.45) is 0 Å². The van der Waals surface area contributed by atoms with Crippen LogP contribution in [0.4, 0.5) is 26.3 Å². The molecule has 2 aromatic carbocycles. The van der Waals surface area contributed by atoms with Crippen LogP contribution in [0, 0.1) is 17.5 Å². The molecule has 0 bridgehead atoms. The van der Waals surface area contributed by atoms with Crippen LogP contribution in [0.3, 0.4) is 0 Å². The molecule has 0 saturated carbocycles. The molecule has 234 valence electrons. The first-order valence-corrected chi connectivity index (χ1v) is 14.1. The second kappa shape index (κ2) is 12.3. The van der Waals surface area contributed by atoms with E-state index < -0.39 is 76.4 Å². The highest BCUT2D eigenvalue weighted by atomic mass is 32.2. The highest BCUT2D eigenvalue weighted by Crippen LogP contribution is 2.51. The number of aromatic nitrogens is 3. The van der Waals surface area contributed by atoms with E-state index in [-0.39, 0.29) is 42.9 Å². The third-order valence-corrected chi connectivity index (χ3v) is 9.23. The predicted molar refractivity (Wildman–Crippen MR) is 139 cm³/mol. The summed E-state index contributed by atoms with van der Waals surface area (Å²) in [6.07, 6.45) is -8.39. The van der Waals surface area contributed by atoms with Crippen molar-refractivity contribution in [3.8, 4) is 11.3 Å². The maximum atomic E-state index is 14.1. The number of hydrogen-bond acceptors (Lipinski definition) is 9. The third kappa shape index (κ3) is 6.27. The number of alkyl halides is 3. The summed E-state index contributed by atoms with van der Waals surface area (Å²) >= 11 is 0.688. The van der Waals surface area contributed by atoms with Gasteiger partial charge in [-0.2, -0.15) is 13.2 Å². The summed E-state index contributed by atoms with van der Waals surface area (Å²) in [6, 6.07) is 4.65. The van der Waals surface area contributed by atoms with Crippen LogP contribution < -0.4 is 0 Å². The fourth-order valence-corrected chi connectivity index (χ4v) is 6.98. The van der Waals surface area contributed by atoms with Crippen LogP contribution in [0.2, 0.25) is 0 Å². The Labute approximate surface area is 245 Å². The Bertz CT molecular complexity index is 1420. The molecule has 0 spiro atoms. The standard InChI is InChI=1S/C27H27F6N3O6S/c28-16-9-13(10-17(29)20(16)30)18-11-36(35-34-18)21-22(38)19(12-37)42-25(23(21)39)43-24(26(40)5-7-41-8-6-26)14-3-1-2-4-15(14)27(31,32)33/h1-4,9-11,19,21-25,37-40H,5-8,12H2/t19-,21+,22+,23-,24?,25+/m1/s1. The quantitative estimate of drug-likeness (QED) is 0.228. The molecule has 0 radical (unpaired) electrons. The highest BCUT2D eigenvalue weighted by molar-refractivity contribution is 8.00. The summed E-state index contributed by atoms with van der Waals surface area (Å²) in [5.74, 6) is -4.66. The molecule has 2 aliphatic rings. The average Bonchev–Trinajstić information content (AvgIpc) is 3.45. The maximum absolute atomic E-state index is 14.1. The lowest BCUT2D eigenvalue weighted by molar-refractivity contribution is -0.179. The second-order valence-corrected chi connectivity index (χ2v) is 11.6. The number of rotatable bonds is 7. The zero-order valence-corrected chi connectivity index (χ0v) is 23.0. The van der Waals surface area contributed by atoms with E-state index in [2.05, 4.69) is 10.3 Å². The molecule has 2 saturated heterocycles. The minimum absolute atomic E-state index is 0.0214. The first kappa shape index (κ1) is 31.7. The zero-order chi connectivity index (χ0) is 31.1. The SMILES string of the molecule is OC[C@H]1O[C@@H](SC(c2ccccc2C(F)(F)F)C2(O)CCOCC2)[C@H](O)[C@@H](n2cc(-c3cc(F)c(F)c(F)c3)nn2)[C@H]1O. The lowest BCUT2D eigenvalue weighted by Gasteiger charge is -2.46. The molecule has 4 N–H and O–H groups in total. The topological polar surface area (TPSA) is 130 Å². The molecule has 0 aliphatic carbocycles. The van der Waals surface area contributed by atoms with E-state index in [1.807, 2.05) is 0 Å². The van der Waals surface area contributed by atoms with Crippen LogP contribution in [-0.2, 0) is 15.7 Å². The molecular weight excluding hydrogens is 608 g/mol. The van der Waals surface area contributed by atoms with Gasteiger partial charge in [0.1, 0.15) is 35.5 Å². The summed E-state index contributed by atoms with van der Waals surface area (Å²) in [5, 5.41) is 50.3. The molecule has 2 aliphatic heterocycles. The van der Waals surface area contributed by atoms with E-state index in [0.717, 1.165) is 16.9 Å². The number of ether oxygens (including phenoxy) is 2. The predicted octanol–water partition coefficient (Wildman–Crippen LogP) is 3.38. The summed E-state index contributed by atoms with van der Waals surface area (Å²) in [6.45, 7) is -0.620.